The number of rotatable bonds is 6. The quantitative estimate of drug-likeness (QED) is 0.288. The Morgan fingerprint density at radius 2 is 1.64 bits per heavy atom. The predicted molar refractivity (Wildman–Crippen MR) is 136 cm³/mol. The van der Waals surface area contributed by atoms with E-state index in [9.17, 15) is 10.1 Å². The fourth-order valence-electron chi connectivity index (χ4n) is 3.25. The van der Waals surface area contributed by atoms with Gasteiger partial charge < -0.3 is 5.32 Å². The van der Waals surface area contributed by atoms with Crippen LogP contribution < -0.4 is 5.32 Å². The molecule has 1 aromatic heterocycles. The molecule has 0 aliphatic heterocycles. The molecule has 1 N–H and O–H groups in total. The Labute approximate surface area is 206 Å². The smallest absolute Gasteiger partial charge is 0.234 e. The number of carbonyl (C=O) groups excluding carboxylic acids is 1. The third-order valence-electron chi connectivity index (χ3n) is 4.80. The number of benzene rings is 3. The zero-order valence-corrected chi connectivity index (χ0v) is 19.6. The molecule has 0 spiro atoms. The second-order valence-electron chi connectivity index (χ2n) is 7.04. The van der Waals surface area contributed by atoms with Crippen LogP contribution in [0.25, 0.3) is 22.4 Å². The number of nitrogens with zero attached hydrogens (tertiary/aromatic N) is 2. The van der Waals surface area contributed by atoms with Gasteiger partial charge in [0.1, 0.15) is 11.1 Å². The van der Waals surface area contributed by atoms with Crippen LogP contribution in [0.2, 0.25) is 10.0 Å². The van der Waals surface area contributed by atoms with Gasteiger partial charge in [0.2, 0.25) is 5.91 Å². The number of halogens is 2. The Bertz CT molecular complexity index is 1340. The number of carbonyl (C=O) groups is 1. The molecule has 0 radical (unpaired) electrons. The van der Waals surface area contributed by atoms with Gasteiger partial charge in [-0.1, -0.05) is 83.5 Å². The van der Waals surface area contributed by atoms with Gasteiger partial charge in [-0.3, -0.25) is 4.79 Å². The number of amides is 1. The average molecular weight is 490 g/mol. The average Bonchev–Trinajstić information content (AvgIpc) is 2.84. The molecule has 1 amide bonds. The molecule has 4 nitrogen and oxygen atoms in total. The fourth-order valence-corrected chi connectivity index (χ4v) is 4.41. The van der Waals surface area contributed by atoms with Gasteiger partial charge in [-0.15, -0.1) is 0 Å². The van der Waals surface area contributed by atoms with Crippen molar-refractivity contribution in [2.45, 2.75) is 5.03 Å². The van der Waals surface area contributed by atoms with Crippen LogP contribution in [0.4, 0.5) is 5.69 Å². The third kappa shape index (κ3) is 5.55. The van der Waals surface area contributed by atoms with E-state index < -0.39 is 0 Å². The molecule has 7 heteroatoms. The van der Waals surface area contributed by atoms with Gasteiger partial charge in [-0.25, -0.2) is 4.98 Å². The monoisotopic (exact) mass is 489 g/mol. The molecular weight excluding hydrogens is 473 g/mol. The summed E-state index contributed by atoms with van der Waals surface area (Å²) in [6.45, 7) is 0. The summed E-state index contributed by atoms with van der Waals surface area (Å²) in [6.07, 6.45) is 0. The summed E-state index contributed by atoms with van der Waals surface area (Å²) in [7, 11) is 0. The van der Waals surface area contributed by atoms with E-state index in [1.807, 2.05) is 54.6 Å². The van der Waals surface area contributed by atoms with Crippen molar-refractivity contribution in [2.75, 3.05) is 11.1 Å². The summed E-state index contributed by atoms with van der Waals surface area (Å²) in [5.74, 6) is -0.123. The highest BCUT2D eigenvalue weighted by atomic mass is 35.5. The van der Waals surface area contributed by atoms with E-state index >= 15 is 0 Å². The topological polar surface area (TPSA) is 65.8 Å². The first-order valence-electron chi connectivity index (χ1n) is 9.99. The second-order valence-corrected chi connectivity index (χ2v) is 8.84. The van der Waals surface area contributed by atoms with Crippen molar-refractivity contribution in [1.82, 2.24) is 4.98 Å². The highest BCUT2D eigenvalue weighted by molar-refractivity contribution is 8.00. The number of thioether (sulfide) groups is 1. The van der Waals surface area contributed by atoms with Crippen LogP contribution in [-0.2, 0) is 4.79 Å². The standard InChI is InChI=1S/C26H17Cl2N3OS/c27-18-10-12-19(13-11-18)30-25(32)16-33-26-22(15-29)21(20-8-4-5-9-23(20)28)14-24(31-26)17-6-2-1-3-7-17/h1-14H,16H2,(H,30,32). The maximum Gasteiger partial charge on any atom is 0.234 e. The van der Waals surface area contributed by atoms with Crippen molar-refractivity contribution in [3.63, 3.8) is 0 Å². The number of anilines is 1. The number of hydrogen-bond acceptors (Lipinski definition) is 4. The van der Waals surface area contributed by atoms with Gasteiger partial charge in [0.05, 0.1) is 17.0 Å². The number of nitrogens with one attached hydrogen (secondary N) is 1. The molecular formula is C26H17Cl2N3OS. The van der Waals surface area contributed by atoms with Gasteiger partial charge in [0.15, 0.2) is 0 Å². The van der Waals surface area contributed by atoms with Crippen LogP contribution in [0.5, 0.6) is 0 Å². The van der Waals surface area contributed by atoms with E-state index in [0.717, 1.165) is 11.1 Å². The molecule has 162 valence electrons. The van der Waals surface area contributed by atoms with E-state index in [1.165, 1.54) is 11.8 Å². The highest BCUT2D eigenvalue weighted by Gasteiger charge is 2.18. The molecule has 0 aliphatic carbocycles. The third-order valence-corrected chi connectivity index (χ3v) is 6.36. The maximum absolute atomic E-state index is 12.5. The normalized spacial score (nSPS) is 10.5. The van der Waals surface area contributed by atoms with E-state index in [2.05, 4.69) is 11.4 Å². The first-order valence-corrected chi connectivity index (χ1v) is 11.7. The van der Waals surface area contributed by atoms with Gasteiger partial charge >= 0.3 is 0 Å². The van der Waals surface area contributed by atoms with Crippen LogP contribution in [0.3, 0.4) is 0 Å². The summed E-state index contributed by atoms with van der Waals surface area (Å²) < 4.78 is 0. The Hall–Kier alpha value is -3.30. The summed E-state index contributed by atoms with van der Waals surface area (Å²) in [5.41, 5.74) is 4.05. The fraction of sp³-hybridized carbons (Fsp3) is 0.0385. The number of pyridine rings is 1. The van der Waals surface area contributed by atoms with Crippen molar-refractivity contribution >= 4 is 46.6 Å². The lowest BCUT2D eigenvalue weighted by molar-refractivity contribution is -0.113. The van der Waals surface area contributed by atoms with Crippen LogP contribution in [0, 0.1) is 11.3 Å². The van der Waals surface area contributed by atoms with E-state index in [4.69, 9.17) is 28.2 Å². The van der Waals surface area contributed by atoms with Crippen molar-refractivity contribution in [3.05, 3.63) is 101 Å². The highest BCUT2D eigenvalue weighted by Crippen LogP contribution is 2.37. The molecule has 0 aliphatic rings. The molecule has 0 bridgehead atoms. The molecule has 0 saturated carbocycles. The van der Waals surface area contributed by atoms with Crippen molar-refractivity contribution in [3.8, 4) is 28.5 Å². The molecule has 33 heavy (non-hydrogen) atoms. The minimum atomic E-state index is -0.211. The minimum absolute atomic E-state index is 0.0878. The number of hydrogen-bond donors (Lipinski definition) is 1. The molecule has 3 aromatic carbocycles. The lowest BCUT2D eigenvalue weighted by atomic mass is 9.99. The molecule has 0 atom stereocenters. The van der Waals surface area contributed by atoms with Crippen molar-refractivity contribution < 1.29 is 4.79 Å². The van der Waals surface area contributed by atoms with Crippen molar-refractivity contribution in [2.24, 2.45) is 0 Å². The molecule has 0 fully saturated rings. The largest absolute Gasteiger partial charge is 0.325 e. The molecule has 0 saturated heterocycles. The summed E-state index contributed by atoms with van der Waals surface area (Å²) in [4.78, 5) is 17.3. The number of nitriles is 1. The lowest BCUT2D eigenvalue weighted by Gasteiger charge is -2.13. The van der Waals surface area contributed by atoms with Gasteiger partial charge in [-0.05, 0) is 36.4 Å². The summed E-state index contributed by atoms with van der Waals surface area (Å²) in [5, 5.41) is 14.4. The zero-order chi connectivity index (χ0) is 23.2. The first-order chi connectivity index (χ1) is 16.0. The predicted octanol–water partition coefficient (Wildman–Crippen LogP) is 7.32. The summed E-state index contributed by atoms with van der Waals surface area (Å²) >= 11 is 13.6. The van der Waals surface area contributed by atoms with E-state index in [1.54, 1.807) is 30.3 Å². The SMILES string of the molecule is N#Cc1c(-c2ccccc2Cl)cc(-c2ccccc2)nc1SCC(=O)Nc1ccc(Cl)cc1. The van der Waals surface area contributed by atoms with E-state index in [0.29, 0.717) is 37.6 Å². The van der Waals surface area contributed by atoms with Crippen LogP contribution in [0.1, 0.15) is 5.56 Å². The van der Waals surface area contributed by atoms with Crippen LogP contribution in [-0.4, -0.2) is 16.6 Å². The van der Waals surface area contributed by atoms with Gasteiger partial charge in [0.25, 0.3) is 0 Å². The molecule has 4 rings (SSSR count). The Balaban J connectivity index is 1.69. The van der Waals surface area contributed by atoms with Gasteiger partial charge in [-0.2, -0.15) is 5.26 Å². The Morgan fingerprint density at radius 1 is 0.939 bits per heavy atom. The molecule has 1 heterocycles. The van der Waals surface area contributed by atoms with Crippen LogP contribution >= 0.6 is 35.0 Å². The minimum Gasteiger partial charge on any atom is -0.325 e. The first kappa shape index (κ1) is 22.9. The maximum atomic E-state index is 12.5. The van der Waals surface area contributed by atoms with Gasteiger partial charge in [0, 0.05) is 32.4 Å². The van der Waals surface area contributed by atoms with Crippen LogP contribution in [0.15, 0.2) is 90.0 Å². The summed E-state index contributed by atoms with van der Waals surface area (Å²) in [6, 6.07) is 28.1. The molecule has 4 aromatic rings. The Kier molecular flexibility index (Phi) is 7.31. The Morgan fingerprint density at radius 3 is 2.33 bits per heavy atom. The molecule has 0 unspecified atom stereocenters. The van der Waals surface area contributed by atoms with E-state index in [-0.39, 0.29) is 11.7 Å². The second kappa shape index (κ2) is 10.5. The number of aromatic nitrogens is 1. The zero-order valence-electron chi connectivity index (χ0n) is 17.3. The lowest BCUT2D eigenvalue weighted by Crippen LogP contribution is -2.14. The van der Waals surface area contributed by atoms with Crippen molar-refractivity contribution in [1.29, 1.82) is 5.26 Å².